The van der Waals surface area contributed by atoms with Crippen LogP contribution in [-0.2, 0) is 16.1 Å². The Hall–Kier alpha value is -3.93. The molecule has 1 atom stereocenters. The largest absolute Gasteiger partial charge is 0.450 e. The van der Waals surface area contributed by atoms with Crippen molar-refractivity contribution in [2.45, 2.75) is 40.3 Å². The lowest BCUT2D eigenvalue weighted by atomic mass is 10.1. The van der Waals surface area contributed by atoms with Gasteiger partial charge in [0, 0.05) is 38.6 Å². The van der Waals surface area contributed by atoms with Crippen LogP contribution >= 0.6 is 12.2 Å². The predicted molar refractivity (Wildman–Crippen MR) is 149 cm³/mol. The van der Waals surface area contributed by atoms with Crippen molar-refractivity contribution in [2.75, 3.05) is 43.4 Å². The summed E-state index contributed by atoms with van der Waals surface area (Å²) in [5.41, 5.74) is 4.62. The van der Waals surface area contributed by atoms with Crippen molar-refractivity contribution in [1.82, 2.24) is 29.4 Å². The second kappa shape index (κ2) is 12.1. The van der Waals surface area contributed by atoms with E-state index in [-0.39, 0.29) is 12.0 Å². The summed E-state index contributed by atoms with van der Waals surface area (Å²) in [5.74, 6) is -0.0515. The molecule has 11 nitrogen and oxygen atoms in total. The molecular weight excluding hydrogens is 504 g/mol. The standard InChI is InChI=1S/C26H34N8O3S/c1-5-37-26(36)32-12-10-31(11-13-32)24(35)20(4)34-17-23(19(3)30-34)29-25(38)28-22-14-27-33(16-22)15-21-9-7-6-8-18(21)2/h6-9,14,16-17,20H,5,10-13,15H2,1-4H3,(H2,28,29,38). The summed E-state index contributed by atoms with van der Waals surface area (Å²) in [4.78, 5) is 28.4. The van der Waals surface area contributed by atoms with Crippen LogP contribution in [-0.4, -0.2) is 79.3 Å². The molecule has 1 saturated heterocycles. The van der Waals surface area contributed by atoms with Crippen molar-refractivity contribution in [2.24, 2.45) is 0 Å². The molecule has 4 rings (SSSR count). The minimum absolute atomic E-state index is 0.0515. The number of carbonyl (C=O) groups excluding carboxylic acids is 2. The predicted octanol–water partition coefficient (Wildman–Crippen LogP) is 3.42. The van der Waals surface area contributed by atoms with Gasteiger partial charge in [-0.2, -0.15) is 10.2 Å². The highest BCUT2D eigenvalue weighted by Gasteiger charge is 2.29. The van der Waals surface area contributed by atoms with E-state index < -0.39 is 6.04 Å². The van der Waals surface area contributed by atoms with Crippen molar-refractivity contribution in [1.29, 1.82) is 0 Å². The molecule has 1 fully saturated rings. The van der Waals surface area contributed by atoms with E-state index in [4.69, 9.17) is 17.0 Å². The number of benzene rings is 1. The lowest BCUT2D eigenvalue weighted by Crippen LogP contribution is -2.52. The quantitative estimate of drug-likeness (QED) is 0.441. The summed E-state index contributed by atoms with van der Waals surface area (Å²) < 4.78 is 8.55. The lowest BCUT2D eigenvalue weighted by Gasteiger charge is -2.35. The van der Waals surface area contributed by atoms with E-state index in [1.807, 2.05) is 36.9 Å². The Balaban J connectivity index is 1.31. The zero-order chi connectivity index (χ0) is 27.2. The van der Waals surface area contributed by atoms with E-state index in [2.05, 4.69) is 39.9 Å². The van der Waals surface area contributed by atoms with Gasteiger partial charge in [0.25, 0.3) is 0 Å². The van der Waals surface area contributed by atoms with Crippen LogP contribution in [0.1, 0.15) is 36.7 Å². The molecule has 0 bridgehead atoms. The van der Waals surface area contributed by atoms with Gasteiger partial charge in [-0.3, -0.25) is 14.2 Å². The second-order valence-electron chi connectivity index (χ2n) is 9.23. The number of hydrogen-bond donors (Lipinski definition) is 2. The Morgan fingerprint density at radius 2 is 1.79 bits per heavy atom. The van der Waals surface area contributed by atoms with Crippen LogP contribution in [0.4, 0.5) is 16.2 Å². The number of nitrogens with one attached hydrogen (secondary N) is 2. The van der Waals surface area contributed by atoms with E-state index in [1.165, 1.54) is 11.1 Å². The molecule has 12 heteroatoms. The minimum Gasteiger partial charge on any atom is -0.450 e. The molecule has 1 aliphatic heterocycles. The van der Waals surface area contributed by atoms with Crippen molar-refractivity contribution >= 4 is 40.7 Å². The monoisotopic (exact) mass is 538 g/mol. The number of aryl methyl sites for hydroxylation is 2. The summed E-state index contributed by atoms with van der Waals surface area (Å²) in [5, 5.41) is 15.7. The summed E-state index contributed by atoms with van der Waals surface area (Å²) >= 11 is 5.50. The molecule has 1 aromatic carbocycles. The number of thiocarbonyl (C=S) groups is 1. The Bertz CT molecular complexity index is 1300. The average molecular weight is 539 g/mol. The van der Waals surface area contributed by atoms with Crippen molar-refractivity contribution in [3.05, 3.63) is 59.7 Å². The number of hydrogen-bond acceptors (Lipinski definition) is 6. The van der Waals surface area contributed by atoms with Crippen LogP contribution < -0.4 is 10.6 Å². The highest BCUT2D eigenvalue weighted by molar-refractivity contribution is 7.80. The molecule has 1 unspecified atom stereocenters. The van der Waals surface area contributed by atoms with Crippen molar-refractivity contribution in [3.63, 3.8) is 0 Å². The van der Waals surface area contributed by atoms with Crippen LogP contribution in [0.5, 0.6) is 0 Å². The SMILES string of the molecule is CCOC(=O)N1CCN(C(=O)C(C)n2cc(NC(=S)Nc3cnn(Cc4ccccc4C)c3)c(C)n2)CC1. The first kappa shape index (κ1) is 27.1. The van der Waals surface area contributed by atoms with E-state index in [0.29, 0.717) is 50.1 Å². The molecule has 0 saturated carbocycles. The molecule has 3 aromatic rings. The van der Waals surface area contributed by atoms with Gasteiger partial charge in [0.1, 0.15) is 6.04 Å². The lowest BCUT2D eigenvalue weighted by molar-refractivity contribution is -0.136. The molecule has 0 spiro atoms. The third kappa shape index (κ3) is 6.49. The van der Waals surface area contributed by atoms with Gasteiger partial charge in [-0.15, -0.1) is 0 Å². The highest BCUT2D eigenvalue weighted by Crippen LogP contribution is 2.19. The number of anilines is 2. The van der Waals surface area contributed by atoms with Gasteiger partial charge in [0.05, 0.1) is 36.4 Å². The molecule has 2 aromatic heterocycles. The summed E-state index contributed by atoms with van der Waals surface area (Å²) in [6.45, 7) is 10.3. The minimum atomic E-state index is -0.500. The maximum Gasteiger partial charge on any atom is 0.409 e. The van der Waals surface area contributed by atoms with E-state index >= 15 is 0 Å². The van der Waals surface area contributed by atoms with Crippen LogP contribution in [0.15, 0.2) is 42.9 Å². The van der Waals surface area contributed by atoms with Crippen LogP contribution in [0.25, 0.3) is 0 Å². The van der Waals surface area contributed by atoms with Gasteiger partial charge >= 0.3 is 6.09 Å². The summed E-state index contributed by atoms with van der Waals surface area (Å²) in [7, 11) is 0. The topological polar surface area (TPSA) is 110 Å². The summed E-state index contributed by atoms with van der Waals surface area (Å²) in [6.07, 6.45) is 5.07. The van der Waals surface area contributed by atoms with Crippen molar-refractivity contribution < 1.29 is 14.3 Å². The first-order chi connectivity index (χ1) is 18.2. The third-order valence-electron chi connectivity index (χ3n) is 6.52. The molecule has 1 aliphatic rings. The maximum atomic E-state index is 13.1. The van der Waals surface area contributed by atoms with Crippen LogP contribution in [0.2, 0.25) is 0 Å². The van der Waals surface area contributed by atoms with E-state index in [9.17, 15) is 9.59 Å². The number of nitrogens with zero attached hydrogens (tertiary/aromatic N) is 6. The first-order valence-electron chi connectivity index (χ1n) is 12.7. The number of rotatable bonds is 7. The Labute approximate surface area is 227 Å². The molecule has 202 valence electrons. The Morgan fingerprint density at radius 3 is 2.50 bits per heavy atom. The molecule has 2 N–H and O–H groups in total. The first-order valence-corrected chi connectivity index (χ1v) is 13.1. The Kier molecular flexibility index (Phi) is 8.62. The molecular formula is C26H34N8O3S. The number of piperazine rings is 1. The van der Waals surface area contributed by atoms with Gasteiger partial charge in [-0.1, -0.05) is 24.3 Å². The fourth-order valence-electron chi connectivity index (χ4n) is 4.27. The maximum absolute atomic E-state index is 13.1. The number of ether oxygens (including phenoxy) is 1. The van der Waals surface area contributed by atoms with Gasteiger partial charge in [0.15, 0.2) is 5.11 Å². The van der Waals surface area contributed by atoms with Gasteiger partial charge in [0.2, 0.25) is 5.91 Å². The van der Waals surface area contributed by atoms with Gasteiger partial charge in [-0.05, 0) is 51.0 Å². The number of aromatic nitrogens is 4. The zero-order valence-corrected chi connectivity index (χ0v) is 23.0. The molecule has 3 heterocycles. The number of amides is 2. The van der Waals surface area contributed by atoms with Crippen LogP contribution in [0, 0.1) is 13.8 Å². The normalized spacial score (nSPS) is 14.2. The summed E-state index contributed by atoms with van der Waals surface area (Å²) in [6, 6.07) is 7.72. The average Bonchev–Trinajstić information content (AvgIpc) is 3.50. The zero-order valence-electron chi connectivity index (χ0n) is 22.2. The van der Waals surface area contributed by atoms with Gasteiger partial charge in [-0.25, -0.2) is 4.79 Å². The van der Waals surface area contributed by atoms with E-state index in [1.54, 1.807) is 33.8 Å². The highest BCUT2D eigenvalue weighted by atomic mass is 32.1. The van der Waals surface area contributed by atoms with Crippen LogP contribution in [0.3, 0.4) is 0 Å². The van der Waals surface area contributed by atoms with E-state index in [0.717, 1.165) is 11.4 Å². The molecule has 38 heavy (non-hydrogen) atoms. The fraction of sp³-hybridized carbons (Fsp3) is 0.423. The second-order valence-corrected chi connectivity index (χ2v) is 9.64. The number of carbonyl (C=O) groups is 2. The smallest absolute Gasteiger partial charge is 0.409 e. The third-order valence-corrected chi connectivity index (χ3v) is 6.73. The molecule has 0 aliphatic carbocycles. The molecule has 2 amide bonds. The van der Waals surface area contributed by atoms with Gasteiger partial charge < -0.3 is 25.2 Å². The molecule has 0 radical (unpaired) electrons. The van der Waals surface area contributed by atoms with Crippen molar-refractivity contribution in [3.8, 4) is 0 Å². The fourth-order valence-corrected chi connectivity index (χ4v) is 4.49. The Morgan fingerprint density at radius 1 is 1.08 bits per heavy atom.